The summed E-state index contributed by atoms with van der Waals surface area (Å²) in [5.41, 5.74) is 2.12. The molecular formula is C17H17BrN2O3. The van der Waals surface area contributed by atoms with Crippen molar-refractivity contribution in [2.75, 3.05) is 19.0 Å². The van der Waals surface area contributed by atoms with Crippen molar-refractivity contribution in [1.29, 1.82) is 0 Å². The zero-order valence-electron chi connectivity index (χ0n) is 12.9. The normalized spacial score (nSPS) is 10.0. The number of carbonyl (C=O) groups is 2. The molecule has 0 fully saturated rings. The third-order valence-electron chi connectivity index (χ3n) is 3.08. The molecule has 2 N–H and O–H groups in total. The Bertz CT molecular complexity index is 732. The van der Waals surface area contributed by atoms with Crippen molar-refractivity contribution in [3.05, 3.63) is 58.1 Å². The molecule has 0 saturated carbocycles. The Hall–Kier alpha value is -2.34. The molecule has 0 radical (unpaired) electrons. The SMILES string of the molecule is CNC(=O)c1cccc(NC(=O)COc2ccc(C)cc2Br)c1. The molecule has 0 heterocycles. The third kappa shape index (κ3) is 4.82. The summed E-state index contributed by atoms with van der Waals surface area (Å²) in [6, 6.07) is 12.3. The molecule has 2 aromatic rings. The maximum Gasteiger partial charge on any atom is 0.262 e. The Morgan fingerprint density at radius 1 is 1.17 bits per heavy atom. The maximum absolute atomic E-state index is 12.0. The van der Waals surface area contributed by atoms with E-state index in [1.54, 1.807) is 37.4 Å². The Balaban J connectivity index is 1.96. The fourth-order valence-corrected chi connectivity index (χ4v) is 2.55. The third-order valence-corrected chi connectivity index (χ3v) is 3.70. The van der Waals surface area contributed by atoms with Crippen LogP contribution in [-0.4, -0.2) is 25.5 Å². The minimum absolute atomic E-state index is 0.119. The molecule has 0 spiro atoms. The molecule has 0 aliphatic heterocycles. The first kappa shape index (κ1) is 17.0. The molecule has 0 aliphatic rings. The Kier molecular flexibility index (Phi) is 5.76. The van der Waals surface area contributed by atoms with Crippen molar-refractivity contribution in [3.8, 4) is 5.75 Å². The average Bonchev–Trinajstić information content (AvgIpc) is 2.53. The number of nitrogens with one attached hydrogen (secondary N) is 2. The predicted molar refractivity (Wildman–Crippen MR) is 92.8 cm³/mol. The van der Waals surface area contributed by atoms with Crippen LogP contribution in [0.5, 0.6) is 5.75 Å². The van der Waals surface area contributed by atoms with Crippen LogP contribution in [0.2, 0.25) is 0 Å². The van der Waals surface area contributed by atoms with E-state index in [4.69, 9.17) is 4.74 Å². The van der Waals surface area contributed by atoms with Crippen molar-refractivity contribution >= 4 is 33.4 Å². The van der Waals surface area contributed by atoms with Crippen molar-refractivity contribution in [3.63, 3.8) is 0 Å². The zero-order valence-corrected chi connectivity index (χ0v) is 14.4. The Labute approximate surface area is 143 Å². The minimum Gasteiger partial charge on any atom is -0.483 e. The average molecular weight is 377 g/mol. The van der Waals surface area contributed by atoms with Crippen molar-refractivity contribution < 1.29 is 14.3 Å². The van der Waals surface area contributed by atoms with Gasteiger partial charge < -0.3 is 15.4 Å². The van der Waals surface area contributed by atoms with E-state index in [0.29, 0.717) is 17.0 Å². The van der Waals surface area contributed by atoms with Gasteiger partial charge in [0, 0.05) is 18.3 Å². The first-order chi connectivity index (χ1) is 11.0. The van der Waals surface area contributed by atoms with Crippen LogP contribution >= 0.6 is 15.9 Å². The first-order valence-electron chi connectivity index (χ1n) is 7.00. The van der Waals surface area contributed by atoms with Gasteiger partial charge >= 0.3 is 0 Å². The highest BCUT2D eigenvalue weighted by Gasteiger charge is 2.08. The highest BCUT2D eigenvalue weighted by Crippen LogP contribution is 2.25. The van der Waals surface area contributed by atoms with Crippen molar-refractivity contribution in [2.45, 2.75) is 6.92 Å². The lowest BCUT2D eigenvalue weighted by Gasteiger charge is -2.10. The van der Waals surface area contributed by atoms with E-state index in [2.05, 4.69) is 26.6 Å². The molecule has 0 unspecified atom stereocenters. The van der Waals surface area contributed by atoms with Gasteiger partial charge in [0.25, 0.3) is 11.8 Å². The summed E-state index contributed by atoms with van der Waals surface area (Å²) in [4.78, 5) is 23.5. The lowest BCUT2D eigenvalue weighted by molar-refractivity contribution is -0.118. The molecule has 0 aromatic heterocycles. The minimum atomic E-state index is -0.300. The lowest BCUT2D eigenvalue weighted by atomic mass is 10.2. The van der Waals surface area contributed by atoms with Crippen LogP contribution in [-0.2, 0) is 4.79 Å². The van der Waals surface area contributed by atoms with Gasteiger partial charge in [0.2, 0.25) is 0 Å². The summed E-state index contributed by atoms with van der Waals surface area (Å²) < 4.78 is 6.28. The van der Waals surface area contributed by atoms with Gasteiger partial charge in [-0.05, 0) is 58.7 Å². The number of hydrogen-bond acceptors (Lipinski definition) is 3. The monoisotopic (exact) mass is 376 g/mol. The number of halogens is 1. The molecule has 0 aliphatic carbocycles. The summed E-state index contributed by atoms with van der Waals surface area (Å²) in [7, 11) is 1.56. The largest absolute Gasteiger partial charge is 0.483 e. The highest BCUT2D eigenvalue weighted by molar-refractivity contribution is 9.10. The van der Waals surface area contributed by atoms with Crippen LogP contribution in [0.25, 0.3) is 0 Å². The van der Waals surface area contributed by atoms with Crippen LogP contribution in [0.4, 0.5) is 5.69 Å². The molecule has 2 amide bonds. The lowest BCUT2D eigenvalue weighted by Crippen LogP contribution is -2.21. The number of anilines is 1. The number of ether oxygens (including phenoxy) is 1. The molecule has 0 saturated heterocycles. The fourth-order valence-electron chi connectivity index (χ4n) is 1.95. The van der Waals surface area contributed by atoms with E-state index in [0.717, 1.165) is 10.0 Å². The summed E-state index contributed by atoms with van der Waals surface area (Å²) in [5, 5.41) is 5.24. The van der Waals surface area contributed by atoms with E-state index in [1.807, 2.05) is 19.1 Å². The number of hydrogen-bond donors (Lipinski definition) is 2. The summed E-state index contributed by atoms with van der Waals surface area (Å²) in [5.74, 6) is 0.0947. The Morgan fingerprint density at radius 2 is 1.96 bits per heavy atom. The molecule has 0 atom stereocenters. The Morgan fingerprint density at radius 3 is 2.65 bits per heavy atom. The van der Waals surface area contributed by atoms with Crippen molar-refractivity contribution in [1.82, 2.24) is 5.32 Å². The maximum atomic E-state index is 12.0. The number of carbonyl (C=O) groups excluding carboxylic acids is 2. The molecular weight excluding hydrogens is 360 g/mol. The van der Waals surface area contributed by atoms with Gasteiger partial charge in [-0.25, -0.2) is 0 Å². The quantitative estimate of drug-likeness (QED) is 0.842. The standard InChI is InChI=1S/C17H17BrN2O3/c1-11-6-7-15(14(18)8-11)23-10-16(21)20-13-5-3-4-12(9-13)17(22)19-2/h3-9H,10H2,1-2H3,(H,19,22)(H,20,21). The van der Waals surface area contributed by atoms with E-state index in [1.165, 1.54) is 0 Å². The van der Waals surface area contributed by atoms with Crippen LogP contribution < -0.4 is 15.4 Å². The fraction of sp³-hybridized carbons (Fsp3) is 0.176. The van der Waals surface area contributed by atoms with Gasteiger partial charge in [-0.15, -0.1) is 0 Å². The second-order valence-electron chi connectivity index (χ2n) is 4.93. The molecule has 0 bridgehead atoms. The number of amides is 2. The molecule has 120 valence electrons. The molecule has 6 heteroatoms. The molecule has 5 nitrogen and oxygen atoms in total. The van der Waals surface area contributed by atoms with E-state index in [-0.39, 0.29) is 18.4 Å². The molecule has 2 rings (SSSR count). The van der Waals surface area contributed by atoms with Crippen LogP contribution in [0.15, 0.2) is 46.9 Å². The van der Waals surface area contributed by atoms with E-state index < -0.39 is 0 Å². The summed E-state index contributed by atoms with van der Waals surface area (Å²) in [6.45, 7) is 1.85. The number of rotatable bonds is 5. The van der Waals surface area contributed by atoms with Crippen molar-refractivity contribution in [2.24, 2.45) is 0 Å². The number of aryl methyl sites for hydroxylation is 1. The van der Waals surface area contributed by atoms with Crippen LogP contribution in [0.3, 0.4) is 0 Å². The van der Waals surface area contributed by atoms with E-state index >= 15 is 0 Å². The van der Waals surface area contributed by atoms with Gasteiger partial charge in [0.15, 0.2) is 6.61 Å². The van der Waals surface area contributed by atoms with Gasteiger partial charge in [0.1, 0.15) is 5.75 Å². The topological polar surface area (TPSA) is 67.4 Å². The molecule has 23 heavy (non-hydrogen) atoms. The van der Waals surface area contributed by atoms with Gasteiger partial charge in [-0.3, -0.25) is 9.59 Å². The zero-order chi connectivity index (χ0) is 16.8. The molecule has 2 aromatic carbocycles. The summed E-state index contributed by atoms with van der Waals surface area (Å²) in [6.07, 6.45) is 0. The smallest absolute Gasteiger partial charge is 0.262 e. The van der Waals surface area contributed by atoms with Gasteiger partial charge in [-0.2, -0.15) is 0 Å². The number of benzene rings is 2. The van der Waals surface area contributed by atoms with Crippen LogP contribution in [0, 0.1) is 6.92 Å². The first-order valence-corrected chi connectivity index (χ1v) is 7.80. The van der Waals surface area contributed by atoms with Gasteiger partial charge in [-0.1, -0.05) is 12.1 Å². The van der Waals surface area contributed by atoms with E-state index in [9.17, 15) is 9.59 Å². The second-order valence-corrected chi connectivity index (χ2v) is 5.78. The predicted octanol–water partition coefficient (Wildman–Crippen LogP) is 3.13. The van der Waals surface area contributed by atoms with Crippen LogP contribution in [0.1, 0.15) is 15.9 Å². The summed E-state index contributed by atoms with van der Waals surface area (Å²) >= 11 is 3.40. The second kappa shape index (κ2) is 7.78. The highest BCUT2D eigenvalue weighted by atomic mass is 79.9. The van der Waals surface area contributed by atoms with Gasteiger partial charge in [0.05, 0.1) is 4.47 Å².